The van der Waals surface area contributed by atoms with Crippen LogP contribution in [0, 0.1) is 5.82 Å². The molecule has 2 aromatic carbocycles. The van der Waals surface area contributed by atoms with E-state index in [1.807, 2.05) is 0 Å². The average molecular weight is 283 g/mol. The lowest BCUT2D eigenvalue weighted by Gasteiger charge is -2.12. The lowest BCUT2D eigenvalue weighted by Crippen LogP contribution is -2.07. The van der Waals surface area contributed by atoms with E-state index in [9.17, 15) is 17.6 Å². The summed E-state index contributed by atoms with van der Waals surface area (Å²) in [5.74, 6) is -0.475. The van der Waals surface area contributed by atoms with Crippen LogP contribution in [0.15, 0.2) is 42.5 Å². The lowest BCUT2D eigenvalue weighted by molar-refractivity contribution is -0.137. The molecule has 0 aliphatic rings. The first-order chi connectivity index (χ1) is 9.41. The molecular formula is C15H13F4N. The Morgan fingerprint density at radius 1 is 1.05 bits per heavy atom. The van der Waals surface area contributed by atoms with Crippen molar-refractivity contribution in [1.29, 1.82) is 0 Å². The minimum Gasteiger partial charge on any atom is -0.316 e. The summed E-state index contributed by atoms with van der Waals surface area (Å²) in [6.07, 6.45) is -4.41. The lowest BCUT2D eigenvalue weighted by atomic mass is 9.97. The van der Waals surface area contributed by atoms with Gasteiger partial charge < -0.3 is 5.32 Å². The molecule has 0 aliphatic carbocycles. The Labute approximate surface area is 114 Å². The summed E-state index contributed by atoms with van der Waals surface area (Å²) in [7, 11) is 1.72. The minimum absolute atomic E-state index is 0.351. The third-order valence-corrected chi connectivity index (χ3v) is 2.94. The number of rotatable bonds is 3. The fourth-order valence-corrected chi connectivity index (χ4v) is 2.03. The summed E-state index contributed by atoms with van der Waals surface area (Å²) in [6.45, 7) is 0.450. The molecule has 0 atom stereocenters. The Kier molecular flexibility index (Phi) is 4.09. The SMILES string of the molecule is CNCc1ccc(F)cc1-c1cccc(C(F)(F)F)c1. The van der Waals surface area contributed by atoms with E-state index in [4.69, 9.17) is 0 Å². The van der Waals surface area contributed by atoms with Gasteiger partial charge in [0.2, 0.25) is 0 Å². The van der Waals surface area contributed by atoms with Gasteiger partial charge in [0.15, 0.2) is 0 Å². The largest absolute Gasteiger partial charge is 0.416 e. The molecule has 1 N–H and O–H groups in total. The summed E-state index contributed by atoms with van der Waals surface area (Å²) in [6, 6.07) is 9.03. The van der Waals surface area contributed by atoms with Crippen LogP contribution < -0.4 is 5.32 Å². The van der Waals surface area contributed by atoms with Crippen molar-refractivity contribution in [2.75, 3.05) is 7.05 Å². The highest BCUT2D eigenvalue weighted by molar-refractivity contribution is 5.68. The molecule has 2 aromatic rings. The summed E-state index contributed by atoms with van der Waals surface area (Å²) in [5.41, 5.74) is 0.818. The van der Waals surface area contributed by atoms with E-state index >= 15 is 0 Å². The smallest absolute Gasteiger partial charge is 0.316 e. The molecule has 106 valence electrons. The zero-order chi connectivity index (χ0) is 14.8. The third kappa shape index (κ3) is 3.17. The molecule has 2 rings (SSSR count). The first-order valence-electron chi connectivity index (χ1n) is 6.02. The highest BCUT2D eigenvalue weighted by atomic mass is 19.4. The van der Waals surface area contributed by atoms with Gasteiger partial charge in [-0.1, -0.05) is 18.2 Å². The van der Waals surface area contributed by atoms with Crippen LogP contribution >= 0.6 is 0 Å². The van der Waals surface area contributed by atoms with E-state index in [0.717, 1.165) is 17.7 Å². The topological polar surface area (TPSA) is 12.0 Å². The summed E-state index contributed by atoms with van der Waals surface area (Å²) < 4.78 is 51.5. The number of hydrogen-bond donors (Lipinski definition) is 1. The van der Waals surface area contributed by atoms with E-state index in [1.54, 1.807) is 19.2 Å². The Morgan fingerprint density at radius 3 is 2.45 bits per heavy atom. The summed E-state index contributed by atoms with van der Waals surface area (Å²) in [4.78, 5) is 0. The van der Waals surface area contributed by atoms with E-state index in [2.05, 4.69) is 5.32 Å². The highest BCUT2D eigenvalue weighted by Crippen LogP contribution is 2.33. The Morgan fingerprint density at radius 2 is 1.80 bits per heavy atom. The maximum Gasteiger partial charge on any atom is 0.416 e. The molecule has 0 amide bonds. The predicted octanol–water partition coefficient (Wildman–Crippen LogP) is 4.23. The fourth-order valence-electron chi connectivity index (χ4n) is 2.03. The van der Waals surface area contributed by atoms with Crippen molar-refractivity contribution in [2.24, 2.45) is 0 Å². The minimum atomic E-state index is -4.41. The quantitative estimate of drug-likeness (QED) is 0.831. The van der Waals surface area contributed by atoms with Crippen molar-refractivity contribution in [3.63, 3.8) is 0 Å². The van der Waals surface area contributed by atoms with E-state index < -0.39 is 17.6 Å². The molecule has 0 fully saturated rings. The zero-order valence-corrected chi connectivity index (χ0v) is 10.8. The number of hydrogen-bond acceptors (Lipinski definition) is 1. The fraction of sp³-hybridized carbons (Fsp3) is 0.200. The monoisotopic (exact) mass is 283 g/mol. The van der Waals surface area contributed by atoms with Crippen LogP contribution in [0.3, 0.4) is 0 Å². The second-order valence-corrected chi connectivity index (χ2v) is 4.41. The zero-order valence-electron chi connectivity index (χ0n) is 10.8. The van der Waals surface area contributed by atoms with Crippen molar-refractivity contribution >= 4 is 0 Å². The molecule has 0 aliphatic heterocycles. The molecule has 0 saturated carbocycles. The van der Waals surface area contributed by atoms with E-state index in [1.165, 1.54) is 18.2 Å². The van der Waals surface area contributed by atoms with Gasteiger partial charge in [-0.2, -0.15) is 13.2 Å². The molecule has 20 heavy (non-hydrogen) atoms. The first kappa shape index (κ1) is 14.5. The molecule has 0 spiro atoms. The molecule has 0 saturated heterocycles. The van der Waals surface area contributed by atoms with Gasteiger partial charge in [-0.3, -0.25) is 0 Å². The van der Waals surface area contributed by atoms with Gasteiger partial charge >= 0.3 is 6.18 Å². The standard InChI is InChI=1S/C15H13F4N/c1-20-9-11-5-6-13(16)8-14(11)10-3-2-4-12(7-10)15(17,18)19/h2-8,20H,9H2,1H3. The van der Waals surface area contributed by atoms with Gasteiger partial charge in [-0.05, 0) is 48.0 Å². The molecule has 0 aromatic heterocycles. The Hall–Kier alpha value is -1.88. The van der Waals surface area contributed by atoms with Crippen molar-refractivity contribution in [3.05, 3.63) is 59.4 Å². The average Bonchev–Trinajstić information content (AvgIpc) is 2.40. The van der Waals surface area contributed by atoms with Crippen LogP contribution in [0.25, 0.3) is 11.1 Å². The molecule has 0 unspecified atom stereocenters. The van der Waals surface area contributed by atoms with E-state index in [0.29, 0.717) is 17.7 Å². The van der Waals surface area contributed by atoms with Crippen molar-refractivity contribution in [1.82, 2.24) is 5.32 Å². The van der Waals surface area contributed by atoms with Crippen LogP contribution in [0.1, 0.15) is 11.1 Å². The third-order valence-electron chi connectivity index (χ3n) is 2.94. The van der Waals surface area contributed by atoms with Gasteiger partial charge in [0.05, 0.1) is 5.56 Å². The number of halogens is 4. The molecule has 5 heteroatoms. The Balaban J connectivity index is 2.53. The molecule has 1 nitrogen and oxygen atoms in total. The van der Waals surface area contributed by atoms with Crippen LogP contribution in [-0.4, -0.2) is 7.05 Å². The molecular weight excluding hydrogens is 270 g/mol. The van der Waals surface area contributed by atoms with Crippen molar-refractivity contribution < 1.29 is 17.6 Å². The molecule has 0 bridgehead atoms. The number of alkyl halides is 3. The van der Waals surface area contributed by atoms with Crippen LogP contribution in [0.2, 0.25) is 0 Å². The molecule has 0 radical (unpaired) electrons. The van der Waals surface area contributed by atoms with E-state index in [-0.39, 0.29) is 0 Å². The van der Waals surface area contributed by atoms with Crippen LogP contribution in [0.4, 0.5) is 17.6 Å². The van der Waals surface area contributed by atoms with Gasteiger partial charge in [-0.15, -0.1) is 0 Å². The number of benzene rings is 2. The Bertz CT molecular complexity index is 605. The van der Waals surface area contributed by atoms with Crippen LogP contribution in [0.5, 0.6) is 0 Å². The highest BCUT2D eigenvalue weighted by Gasteiger charge is 2.30. The van der Waals surface area contributed by atoms with Gasteiger partial charge in [0.25, 0.3) is 0 Å². The normalized spacial score (nSPS) is 11.7. The second kappa shape index (κ2) is 5.63. The number of nitrogens with one attached hydrogen (secondary N) is 1. The van der Waals surface area contributed by atoms with Gasteiger partial charge in [0, 0.05) is 6.54 Å². The second-order valence-electron chi connectivity index (χ2n) is 4.41. The van der Waals surface area contributed by atoms with Crippen molar-refractivity contribution in [3.8, 4) is 11.1 Å². The molecule has 0 heterocycles. The predicted molar refractivity (Wildman–Crippen MR) is 69.6 cm³/mol. The van der Waals surface area contributed by atoms with Crippen molar-refractivity contribution in [2.45, 2.75) is 12.7 Å². The van der Waals surface area contributed by atoms with Crippen LogP contribution in [-0.2, 0) is 12.7 Å². The maximum atomic E-state index is 13.4. The van der Waals surface area contributed by atoms with Gasteiger partial charge in [-0.25, -0.2) is 4.39 Å². The van der Waals surface area contributed by atoms with Gasteiger partial charge in [0.1, 0.15) is 5.82 Å². The first-order valence-corrected chi connectivity index (χ1v) is 6.02. The maximum absolute atomic E-state index is 13.4. The summed E-state index contributed by atoms with van der Waals surface area (Å²) >= 11 is 0. The summed E-state index contributed by atoms with van der Waals surface area (Å²) in [5, 5.41) is 2.91.